The van der Waals surface area contributed by atoms with Crippen molar-refractivity contribution >= 4 is 5.97 Å². The zero-order valence-corrected chi connectivity index (χ0v) is 13.7. The van der Waals surface area contributed by atoms with Crippen molar-refractivity contribution in [2.75, 3.05) is 40.6 Å². The molecule has 0 spiro atoms. The Balaban J connectivity index is 2.40. The second-order valence-corrected chi connectivity index (χ2v) is 6.55. The summed E-state index contributed by atoms with van der Waals surface area (Å²) in [5.74, 6) is -0.218. The highest BCUT2D eigenvalue weighted by molar-refractivity contribution is 5.74. The van der Waals surface area contributed by atoms with Gasteiger partial charge in [-0.1, -0.05) is 0 Å². The fraction of sp³-hybridized carbons (Fsp3) is 0.933. The summed E-state index contributed by atoms with van der Waals surface area (Å²) in [6.45, 7) is 10.3. The van der Waals surface area contributed by atoms with E-state index in [1.807, 2.05) is 0 Å². The maximum Gasteiger partial charge on any atom is 0.310 e. The topological polar surface area (TPSA) is 48.0 Å². The predicted octanol–water partition coefficient (Wildman–Crippen LogP) is 1.70. The van der Waals surface area contributed by atoms with Gasteiger partial charge in [-0.15, -0.1) is 0 Å². The standard InChI is InChI=1S/C15H29NO4/c1-14(2)11-12(15(3,4)16(14)5)13(17)20-10-9-19-8-7-18-6/h12H,7-11H2,1-6H3. The molecule has 0 radical (unpaired) electrons. The number of esters is 1. The van der Waals surface area contributed by atoms with Crippen LogP contribution in [0.4, 0.5) is 0 Å². The monoisotopic (exact) mass is 287 g/mol. The maximum absolute atomic E-state index is 12.3. The summed E-state index contributed by atoms with van der Waals surface area (Å²) in [7, 11) is 3.70. The zero-order chi connectivity index (χ0) is 15.4. The summed E-state index contributed by atoms with van der Waals surface area (Å²) in [6, 6.07) is 0. The fourth-order valence-electron chi connectivity index (χ4n) is 2.82. The van der Waals surface area contributed by atoms with Crippen LogP contribution in [-0.2, 0) is 19.0 Å². The van der Waals surface area contributed by atoms with Gasteiger partial charge in [0, 0.05) is 18.2 Å². The maximum atomic E-state index is 12.3. The first-order valence-corrected chi connectivity index (χ1v) is 7.20. The van der Waals surface area contributed by atoms with Gasteiger partial charge in [0.05, 0.1) is 25.7 Å². The van der Waals surface area contributed by atoms with Crippen molar-refractivity contribution in [1.29, 1.82) is 0 Å². The molecule has 0 saturated carbocycles. The Kier molecular flexibility index (Phi) is 5.98. The van der Waals surface area contributed by atoms with Crippen molar-refractivity contribution in [3.63, 3.8) is 0 Å². The fourth-order valence-corrected chi connectivity index (χ4v) is 2.82. The van der Waals surface area contributed by atoms with Crippen LogP contribution in [0, 0.1) is 5.92 Å². The first-order valence-electron chi connectivity index (χ1n) is 7.20. The van der Waals surface area contributed by atoms with Crippen molar-refractivity contribution in [3.05, 3.63) is 0 Å². The number of carbonyl (C=O) groups is 1. The highest BCUT2D eigenvalue weighted by Gasteiger charge is 2.52. The molecular weight excluding hydrogens is 258 g/mol. The minimum atomic E-state index is -0.183. The number of carbonyl (C=O) groups excluding carboxylic acids is 1. The molecule has 1 aliphatic heterocycles. The molecule has 0 aliphatic carbocycles. The zero-order valence-electron chi connectivity index (χ0n) is 13.7. The number of rotatable bonds is 7. The number of hydrogen-bond acceptors (Lipinski definition) is 5. The van der Waals surface area contributed by atoms with Crippen molar-refractivity contribution in [3.8, 4) is 0 Å². The van der Waals surface area contributed by atoms with Gasteiger partial charge in [-0.25, -0.2) is 0 Å². The number of nitrogens with zero attached hydrogens (tertiary/aromatic N) is 1. The molecule has 20 heavy (non-hydrogen) atoms. The molecule has 0 N–H and O–H groups in total. The quantitative estimate of drug-likeness (QED) is 0.527. The molecule has 1 aliphatic rings. The van der Waals surface area contributed by atoms with Crippen LogP contribution >= 0.6 is 0 Å². The van der Waals surface area contributed by atoms with Gasteiger partial charge >= 0.3 is 5.97 Å². The summed E-state index contributed by atoms with van der Waals surface area (Å²) in [4.78, 5) is 14.5. The van der Waals surface area contributed by atoms with E-state index in [1.165, 1.54) is 0 Å². The van der Waals surface area contributed by atoms with Gasteiger partial charge < -0.3 is 14.2 Å². The number of likely N-dealkylation sites (tertiary alicyclic amines) is 1. The van der Waals surface area contributed by atoms with Gasteiger partial charge in [-0.2, -0.15) is 0 Å². The van der Waals surface area contributed by atoms with E-state index < -0.39 is 0 Å². The van der Waals surface area contributed by atoms with Crippen LogP contribution in [0.5, 0.6) is 0 Å². The van der Waals surface area contributed by atoms with Crippen LogP contribution in [0.25, 0.3) is 0 Å². The number of hydrogen-bond donors (Lipinski definition) is 0. The largest absolute Gasteiger partial charge is 0.463 e. The Labute approximate surface area is 122 Å². The molecular formula is C15H29NO4. The van der Waals surface area contributed by atoms with Crippen LogP contribution in [0.1, 0.15) is 34.1 Å². The minimum Gasteiger partial charge on any atom is -0.463 e. The molecule has 0 aromatic heterocycles. The van der Waals surface area contributed by atoms with Gasteiger partial charge in [0.25, 0.3) is 0 Å². The smallest absolute Gasteiger partial charge is 0.310 e. The van der Waals surface area contributed by atoms with Crippen LogP contribution < -0.4 is 0 Å². The Hall–Kier alpha value is -0.650. The van der Waals surface area contributed by atoms with Crippen molar-refractivity contribution in [1.82, 2.24) is 4.90 Å². The Morgan fingerprint density at radius 1 is 1.15 bits per heavy atom. The van der Waals surface area contributed by atoms with Gasteiger partial charge in [-0.3, -0.25) is 9.69 Å². The van der Waals surface area contributed by atoms with Gasteiger partial charge in [-0.05, 0) is 41.2 Å². The SMILES string of the molecule is COCCOCCOC(=O)C1CC(C)(C)N(C)C1(C)C. The lowest BCUT2D eigenvalue weighted by Gasteiger charge is -2.37. The Morgan fingerprint density at radius 2 is 1.75 bits per heavy atom. The van der Waals surface area contributed by atoms with E-state index in [2.05, 4.69) is 39.6 Å². The van der Waals surface area contributed by atoms with Gasteiger partial charge in [0.2, 0.25) is 0 Å². The Bertz CT molecular complexity index is 328. The number of methoxy groups -OCH3 is 1. The van der Waals surface area contributed by atoms with Crippen molar-refractivity contribution in [2.45, 2.75) is 45.2 Å². The molecule has 1 atom stereocenters. The highest BCUT2D eigenvalue weighted by Crippen LogP contribution is 2.44. The van der Waals surface area contributed by atoms with Crippen LogP contribution in [0.3, 0.4) is 0 Å². The van der Waals surface area contributed by atoms with E-state index in [9.17, 15) is 4.79 Å². The number of ether oxygens (including phenoxy) is 3. The first kappa shape index (κ1) is 17.4. The first-order chi connectivity index (χ1) is 9.23. The summed E-state index contributed by atoms with van der Waals surface area (Å²) in [5, 5.41) is 0. The van der Waals surface area contributed by atoms with E-state index in [0.29, 0.717) is 26.4 Å². The second kappa shape index (κ2) is 6.87. The van der Waals surface area contributed by atoms with Gasteiger partial charge in [0.1, 0.15) is 6.61 Å². The normalized spacial score (nSPS) is 24.8. The molecule has 0 aromatic rings. The third-order valence-electron chi connectivity index (χ3n) is 4.52. The minimum absolute atomic E-state index is 0.0160. The molecule has 5 heteroatoms. The van der Waals surface area contributed by atoms with Crippen LogP contribution in [0.2, 0.25) is 0 Å². The van der Waals surface area contributed by atoms with Crippen molar-refractivity contribution < 1.29 is 19.0 Å². The molecule has 0 aromatic carbocycles. The van der Waals surface area contributed by atoms with Crippen molar-refractivity contribution in [2.24, 2.45) is 5.92 Å². The van der Waals surface area contributed by atoms with Crippen LogP contribution in [-0.4, -0.2) is 62.5 Å². The summed E-state index contributed by atoms with van der Waals surface area (Å²) in [5.41, 5.74) is -0.167. The third kappa shape index (κ3) is 3.93. The third-order valence-corrected chi connectivity index (χ3v) is 4.52. The molecule has 0 amide bonds. The lowest BCUT2D eigenvalue weighted by atomic mass is 9.87. The highest BCUT2D eigenvalue weighted by atomic mass is 16.6. The molecule has 5 nitrogen and oxygen atoms in total. The lowest BCUT2D eigenvalue weighted by molar-refractivity contribution is -0.152. The summed E-state index contributed by atoms with van der Waals surface area (Å²) >= 11 is 0. The van der Waals surface area contributed by atoms with Crippen LogP contribution in [0.15, 0.2) is 0 Å². The predicted molar refractivity (Wildman–Crippen MR) is 77.7 cm³/mol. The molecule has 118 valence electrons. The molecule has 1 unspecified atom stereocenters. The average Bonchev–Trinajstić information content (AvgIpc) is 2.54. The van der Waals surface area contributed by atoms with E-state index in [4.69, 9.17) is 14.2 Å². The molecule has 0 bridgehead atoms. The molecule has 1 saturated heterocycles. The van der Waals surface area contributed by atoms with E-state index in [1.54, 1.807) is 7.11 Å². The lowest BCUT2D eigenvalue weighted by Crippen LogP contribution is -2.48. The average molecular weight is 287 g/mol. The Morgan fingerprint density at radius 3 is 2.25 bits per heavy atom. The van der Waals surface area contributed by atoms with Gasteiger partial charge in [0.15, 0.2) is 0 Å². The van der Waals surface area contributed by atoms with E-state index in [0.717, 1.165) is 6.42 Å². The van der Waals surface area contributed by atoms with E-state index in [-0.39, 0.29) is 23.0 Å². The molecule has 1 rings (SSSR count). The molecule has 1 fully saturated rings. The van der Waals surface area contributed by atoms with E-state index >= 15 is 0 Å². The summed E-state index contributed by atoms with van der Waals surface area (Å²) < 4.78 is 15.5. The second-order valence-electron chi connectivity index (χ2n) is 6.55. The summed E-state index contributed by atoms with van der Waals surface area (Å²) in [6.07, 6.45) is 0.819. The molecule has 1 heterocycles.